The molecule has 25 heavy (non-hydrogen) atoms. The van der Waals surface area contributed by atoms with Crippen molar-refractivity contribution < 1.29 is 14.3 Å². The number of carbonyl (C=O) groups excluding carboxylic acids is 2. The Bertz CT molecular complexity index is 781. The predicted molar refractivity (Wildman–Crippen MR) is 102 cm³/mol. The van der Waals surface area contributed by atoms with Gasteiger partial charge in [-0.25, -0.2) is 0 Å². The second kappa shape index (κ2) is 9.14. The Kier molecular flexibility index (Phi) is 6.91. The van der Waals surface area contributed by atoms with Gasteiger partial charge in [0.05, 0.1) is 0 Å². The number of halogens is 1. The van der Waals surface area contributed by atoms with Gasteiger partial charge in [-0.3, -0.25) is 25.8 Å². The third-order valence-corrected chi connectivity index (χ3v) is 3.74. The Labute approximate surface area is 159 Å². The highest BCUT2D eigenvalue weighted by atomic mass is 79.9. The van der Waals surface area contributed by atoms with Crippen molar-refractivity contribution in [3.8, 4) is 5.75 Å². The van der Waals surface area contributed by atoms with Crippen LogP contribution >= 0.6 is 28.1 Å². The van der Waals surface area contributed by atoms with Crippen molar-refractivity contribution in [2.45, 2.75) is 6.92 Å². The van der Waals surface area contributed by atoms with E-state index in [2.05, 4.69) is 32.1 Å². The molecule has 2 aromatic rings. The molecule has 0 heterocycles. The van der Waals surface area contributed by atoms with Crippen LogP contribution in [0.1, 0.15) is 15.9 Å². The summed E-state index contributed by atoms with van der Waals surface area (Å²) < 4.78 is 6.22. The molecule has 0 aliphatic rings. The molecular weight excluding hydrogens is 406 g/mol. The van der Waals surface area contributed by atoms with Crippen LogP contribution in [-0.4, -0.2) is 23.5 Å². The van der Waals surface area contributed by atoms with E-state index in [-0.39, 0.29) is 17.6 Å². The van der Waals surface area contributed by atoms with Gasteiger partial charge in [0.2, 0.25) is 0 Å². The largest absolute Gasteiger partial charge is 0.484 e. The Morgan fingerprint density at radius 2 is 1.84 bits per heavy atom. The van der Waals surface area contributed by atoms with Gasteiger partial charge in [-0.05, 0) is 61.1 Å². The normalized spacial score (nSPS) is 9.84. The fourth-order valence-corrected chi connectivity index (χ4v) is 2.23. The fourth-order valence-electron chi connectivity index (χ4n) is 1.82. The van der Waals surface area contributed by atoms with Gasteiger partial charge in [-0.15, -0.1) is 0 Å². The van der Waals surface area contributed by atoms with Gasteiger partial charge in [-0.2, -0.15) is 0 Å². The number of hydrazine groups is 1. The molecule has 0 aliphatic heterocycles. The molecule has 2 rings (SSSR count). The highest BCUT2D eigenvalue weighted by Crippen LogP contribution is 2.12. The highest BCUT2D eigenvalue weighted by Gasteiger charge is 2.08. The first-order valence-electron chi connectivity index (χ1n) is 7.29. The number of rotatable bonds is 4. The van der Waals surface area contributed by atoms with Crippen molar-refractivity contribution in [3.63, 3.8) is 0 Å². The number of benzene rings is 2. The summed E-state index contributed by atoms with van der Waals surface area (Å²) in [5, 5.41) is 2.45. The zero-order valence-corrected chi connectivity index (χ0v) is 15.7. The maximum Gasteiger partial charge on any atom is 0.276 e. The lowest BCUT2D eigenvalue weighted by Crippen LogP contribution is -2.49. The summed E-state index contributed by atoms with van der Waals surface area (Å²) in [6.45, 7) is 1.75. The maximum absolute atomic E-state index is 12.0. The predicted octanol–water partition coefficient (Wildman–Crippen LogP) is 2.47. The first-order chi connectivity index (χ1) is 11.9. The summed E-state index contributed by atoms with van der Waals surface area (Å²) in [5.74, 6) is -0.210. The van der Waals surface area contributed by atoms with Gasteiger partial charge >= 0.3 is 0 Å². The minimum absolute atomic E-state index is 0.0168. The minimum atomic E-state index is -0.429. The molecule has 0 spiro atoms. The molecule has 2 amide bonds. The lowest BCUT2D eigenvalue weighted by Gasteiger charge is -2.11. The van der Waals surface area contributed by atoms with Crippen molar-refractivity contribution in [1.29, 1.82) is 0 Å². The molecule has 0 saturated carbocycles. The Balaban J connectivity index is 1.72. The summed E-state index contributed by atoms with van der Waals surface area (Å²) in [6, 6.07) is 14.1. The van der Waals surface area contributed by atoms with E-state index in [1.807, 2.05) is 25.1 Å². The molecule has 3 N–H and O–H groups in total. The molecule has 0 aromatic heterocycles. The van der Waals surface area contributed by atoms with Crippen molar-refractivity contribution in [2.75, 3.05) is 6.61 Å². The molecule has 8 heteroatoms. The molecule has 2 aromatic carbocycles. The molecular formula is C17H16BrN3O3S. The van der Waals surface area contributed by atoms with Gasteiger partial charge in [0.25, 0.3) is 11.8 Å². The monoisotopic (exact) mass is 421 g/mol. The van der Waals surface area contributed by atoms with Crippen LogP contribution < -0.4 is 20.9 Å². The van der Waals surface area contributed by atoms with Crippen molar-refractivity contribution in [3.05, 3.63) is 64.1 Å². The van der Waals surface area contributed by atoms with Gasteiger partial charge < -0.3 is 4.74 Å². The molecule has 6 nitrogen and oxygen atoms in total. The van der Waals surface area contributed by atoms with E-state index in [1.165, 1.54) is 0 Å². The molecule has 0 fully saturated rings. The molecule has 0 radical (unpaired) electrons. The second-order valence-corrected chi connectivity index (χ2v) is 6.39. The summed E-state index contributed by atoms with van der Waals surface area (Å²) in [4.78, 5) is 23.7. The van der Waals surface area contributed by atoms with E-state index >= 15 is 0 Å². The number of hydrogen-bond donors (Lipinski definition) is 3. The Morgan fingerprint density at radius 1 is 1.12 bits per heavy atom. The van der Waals surface area contributed by atoms with Crippen LogP contribution in [0.5, 0.6) is 5.75 Å². The summed E-state index contributed by atoms with van der Waals surface area (Å²) in [5.41, 5.74) is 6.29. The summed E-state index contributed by atoms with van der Waals surface area (Å²) >= 11 is 8.25. The van der Waals surface area contributed by atoms with Gasteiger partial charge in [0.1, 0.15) is 5.75 Å². The number of carbonyl (C=O) groups is 2. The van der Waals surface area contributed by atoms with Crippen LogP contribution in [0.4, 0.5) is 0 Å². The van der Waals surface area contributed by atoms with Crippen LogP contribution in [0.3, 0.4) is 0 Å². The summed E-state index contributed by atoms with van der Waals surface area (Å²) in [7, 11) is 0. The fraction of sp³-hybridized carbons (Fsp3) is 0.118. The topological polar surface area (TPSA) is 79.5 Å². The van der Waals surface area contributed by atoms with Crippen LogP contribution in [0.2, 0.25) is 0 Å². The quantitative estimate of drug-likeness (QED) is 0.521. The highest BCUT2D eigenvalue weighted by molar-refractivity contribution is 9.10. The number of ether oxygens (including phenoxy) is 1. The number of thiocarbonyl (C=S) groups is 1. The van der Waals surface area contributed by atoms with E-state index < -0.39 is 5.91 Å². The van der Waals surface area contributed by atoms with E-state index in [9.17, 15) is 9.59 Å². The molecule has 0 aliphatic carbocycles. The lowest BCUT2D eigenvalue weighted by atomic mass is 10.2. The second-order valence-electron chi connectivity index (χ2n) is 5.07. The number of aryl methyl sites for hydroxylation is 1. The molecule has 130 valence electrons. The number of hydrogen-bond acceptors (Lipinski definition) is 4. The first kappa shape index (κ1) is 18.9. The Hall–Kier alpha value is -2.45. The zero-order chi connectivity index (χ0) is 18.2. The maximum atomic E-state index is 12.0. The van der Waals surface area contributed by atoms with Crippen LogP contribution in [0.25, 0.3) is 0 Å². The third-order valence-electron chi connectivity index (χ3n) is 3.01. The third kappa shape index (κ3) is 6.52. The van der Waals surface area contributed by atoms with Crippen molar-refractivity contribution in [2.24, 2.45) is 0 Å². The molecule has 0 bridgehead atoms. The SMILES string of the molecule is Cc1cccc(OCC(=O)NNC(=S)NC(=O)c2ccc(Br)cc2)c1. The van der Waals surface area contributed by atoms with Crippen LogP contribution in [-0.2, 0) is 4.79 Å². The van der Waals surface area contributed by atoms with E-state index in [0.29, 0.717) is 11.3 Å². The van der Waals surface area contributed by atoms with Crippen LogP contribution in [0, 0.1) is 6.92 Å². The van der Waals surface area contributed by atoms with Gasteiger partial charge in [-0.1, -0.05) is 28.1 Å². The lowest BCUT2D eigenvalue weighted by molar-refractivity contribution is -0.123. The van der Waals surface area contributed by atoms with Crippen molar-refractivity contribution >= 4 is 45.1 Å². The van der Waals surface area contributed by atoms with Gasteiger partial charge in [0.15, 0.2) is 11.7 Å². The number of amides is 2. The molecule has 0 atom stereocenters. The van der Waals surface area contributed by atoms with E-state index in [1.54, 1.807) is 30.3 Å². The first-order valence-corrected chi connectivity index (χ1v) is 8.49. The van der Waals surface area contributed by atoms with Crippen LogP contribution in [0.15, 0.2) is 53.0 Å². The number of nitrogens with one attached hydrogen (secondary N) is 3. The van der Waals surface area contributed by atoms with E-state index in [4.69, 9.17) is 17.0 Å². The van der Waals surface area contributed by atoms with Crippen molar-refractivity contribution in [1.82, 2.24) is 16.2 Å². The summed E-state index contributed by atoms with van der Waals surface area (Å²) in [6.07, 6.45) is 0. The average molecular weight is 422 g/mol. The smallest absolute Gasteiger partial charge is 0.276 e. The van der Waals surface area contributed by atoms with Gasteiger partial charge in [0, 0.05) is 10.0 Å². The Morgan fingerprint density at radius 3 is 2.52 bits per heavy atom. The molecule has 0 unspecified atom stereocenters. The minimum Gasteiger partial charge on any atom is -0.484 e. The molecule has 0 saturated heterocycles. The zero-order valence-electron chi connectivity index (χ0n) is 13.3. The van der Waals surface area contributed by atoms with E-state index in [0.717, 1.165) is 10.0 Å². The average Bonchev–Trinajstić information content (AvgIpc) is 2.58. The standard InChI is InChI=1S/C17H16BrN3O3S/c1-11-3-2-4-14(9-11)24-10-15(22)20-21-17(25)19-16(23)12-5-7-13(18)8-6-12/h2-9H,10H2,1H3,(H,20,22)(H2,19,21,23,25).